The smallest absolute Gasteiger partial charge is 0.314 e. The Labute approximate surface area is 165 Å². The van der Waals surface area contributed by atoms with Gasteiger partial charge >= 0.3 is 6.03 Å². The lowest BCUT2D eigenvalue weighted by Gasteiger charge is -2.34. The highest BCUT2D eigenvalue weighted by atomic mass is 19.1. The number of nitrogens with zero attached hydrogens (tertiary/aromatic N) is 4. The first-order valence-electron chi connectivity index (χ1n) is 9.72. The third-order valence-corrected chi connectivity index (χ3v) is 4.78. The standard InChI is InChI=1S/C20H27FN6O/c21-18-6-2-1-5-17(18)7-11-25-20(28)24-10-4-12-26-13-15-27(16-14-26)19-22-8-3-9-23-19/h1-3,5-6,8-9H,4,7,10-16H2,(H2,24,25,28). The fourth-order valence-electron chi connectivity index (χ4n) is 3.20. The van der Waals surface area contributed by atoms with E-state index in [1.165, 1.54) is 6.07 Å². The predicted octanol–water partition coefficient (Wildman–Crippen LogP) is 1.67. The van der Waals surface area contributed by atoms with Crippen molar-refractivity contribution in [2.24, 2.45) is 0 Å². The van der Waals surface area contributed by atoms with Crippen LogP contribution in [0.25, 0.3) is 0 Å². The van der Waals surface area contributed by atoms with E-state index in [0.717, 1.165) is 45.1 Å². The van der Waals surface area contributed by atoms with Crippen molar-refractivity contribution in [2.45, 2.75) is 12.8 Å². The number of carbonyl (C=O) groups is 1. The van der Waals surface area contributed by atoms with E-state index in [0.29, 0.717) is 25.1 Å². The molecule has 2 N–H and O–H groups in total. The van der Waals surface area contributed by atoms with Crippen molar-refractivity contribution in [2.75, 3.05) is 50.7 Å². The Kier molecular flexibility index (Phi) is 7.54. The number of halogens is 1. The SMILES string of the molecule is O=C(NCCCN1CCN(c2ncccn2)CC1)NCCc1ccccc1F. The molecule has 0 atom stereocenters. The number of nitrogens with one attached hydrogen (secondary N) is 2. The van der Waals surface area contributed by atoms with Crippen LogP contribution < -0.4 is 15.5 Å². The molecular formula is C20H27FN6O. The van der Waals surface area contributed by atoms with E-state index in [-0.39, 0.29) is 11.8 Å². The molecule has 28 heavy (non-hydrogen) atoms. The second-order valence-electron chi connectivity index (χ2n) is 6.76. The molecule has 3 rings (SSSR count). The lowest BCUT2D eigenvalue weighted by atomic mass is 10.1. The van der Waals surface area contributed by atoms with Crippen molar-refractivity contribution in [3.63, 3.8) is 0 Å². The molecule has 0 aliphatic carbocycles. The molecule has 1 aromatic heterocycles. The average Bonchev–Trinajstić information content (AvgIpc) is 2.74. The van der Waals surface area contributed by atoms with Crippen LogP contribution in [0.2, 0.25) is 0 Å². The number of rotatable bonds is 8. The summed E-state index contributed by atoms with van der Waals surface area (Å²) in [6.07, 6.45) is 4.90. The van der Waals surface area contributed by atoms with Crippen LogP contribution in [-0.4, -0.2) is 66.7 Å². The molecule has 2 amide bonds. The van der Waals surface area contributed by atoms with Gasteiger partial charge in [0.2, 0.25) is 5.95 Å². The number of anilines is 1. The maximum Gasteiger partial charge on any atom is 0.314 e. The van der Waals surface area contributed by atoms with Gasteiger partial charge in [0.1, 0.15) is 5.82 Å². The van der Waals surface area contributed by atoms with Gasteiger partial charge in [0.15, 0.2) is 0 Å². The van der Waals surface area contributed by atoms with Crippen LogP contribution in [-0.2, 0) is 6.42 Å². The van der Waals surface area contributed by atoms with Gasteiger partial charge in [-0.25, -0.2) is 19.2 Å². The van der Waals surface area contributed by atoms with Gasteiger partial charge in [0.05, 0.1) is 0 Å². The zero-order valence-electron chi connectivity index (χ0n) is 16.0. The molecule has 0 saturated carbocycles. The Morgan fingerprint density at radius 1 is 1.00 bits per heavy atom. The molecule has 7 nitrogen and oxygen atoms in total. The number of carbonyl (C=O) groups excluding carboxylic acids is 1. The summed E-state index contributed by atoms with van der Waals surface area (Å²) < 4.78 is 13.5. The first-order chi connectivity index (χ1) is 13.7. The zero-order chi connectivity index (χ0) is 19.6. The maximum absolute atomic E-state index is 13.5. The molecule has 0 radical (unpaired) electrons. The largest absolute Gasteiger partial charge is 0.338 e. The van der Waals surface area contributed by atoms with Crippen LogP contribution in [0, 0.1) is 5.82 Å². The van der Waals surface area contributed by atoms with Crippen LogP contribution in [0.4, 0.5) is 15.1 Å². The van der Waals surface area contributed by atoms with Crippen LogP contribution in [0.5, 0.6) is 0 Å². The topological polar surface area (TPSA) is 73.4 Å². The Balaban J connectivity index is 1.24. The molecule has 150 valence electrons. The molecule has 1 fully saturated rings. The van der Waals surface area contributed by atoms with Gasteiger partial charge in [0, 0.05) is 51.7 Å². The molecule has 1 aliphatic rings. The molecule has 8 heteroatoms. The van der Waals surface area contributed by atoms with E-state index in [1.54, 1.807) is 30.6 Å². The minimum absolute atomic E-state index is 0.206. The van der Waals surface area contributed by atoms with Gasteiger partial charge in [0.25, 0.3) is 0 Å². The highest BCUT2D eigenvalue weighted by molar-refractivity contribution is 5.73. The first-order valence-corrected chi connectivity index (χ1v) is 9.72. The monoisotopic (exact) mass is 386 g/mol. The van der Waals surface area contributed by atoms with E-state index in [4.69, 9.17) is 0 Å². The van der Waals surface area contributed by atoms with Gasteiger partial charge in [-0.05, 0) is 37.1 Å². The van der Waals surface area contributed by atoms with E-state index in [9.17, 15) is 9.18 Å². The molecule has 2 heterocycles. The minimum atomic E-state index is -0.233. The predicted molar refractivity (Wildman–Crippen MR) is 107 cm³/mol. The quantitative estimate of drug-likeness (QED) is 0.675. The number of benzene rings is 1. The molecular weight excluding hydrogens is 359 g/mol. The molecule has 0 bridgehead atoms. The summed E-state index contributed by atoms with van der Waals surface area (Å²) in [6, 6.07) is 8.24. The maximum atomic E-state index is 13.5. The Bertz CT molecular complexity index is 736. The number of hydrogen-bond donors (Lipinski definition) is 2. The van der Waals surface area contributed by atoms with E-state index in [1.807, 2.05) is 6.07 Å². The van der Waals surface area contributed by atoms with Crippen molar-refractivity contribution in [3.05, 3.63) is 54.1 Å². The lowest BCUT2D eigenvalue weighted by Crippen LogP contribution is -2.47. The number of piperazine rings is 1. The van der Waals surface area contributed by atoms with Crippen molar-refractivity contribution in [1.82, 2.24) is 25.5 Å². The zero-order valence-corrected chi connectivity index (χ0v) is 16.0. The Morgan fingerprint density at radius 3 is 2.46 bits per heavy atom. The van der Waals surface area contributed by atoms with Crippen LogP contribution in [0.1, 0.15) is 12.0 Å². The van der Waals surface area contributed by atoms with Crippen molar-refractivity contribution in [3.8, 4) is 0 Å². The van der Waals surface area contributed by atoms with Gasteiger partial charge in [-0.1, -0.05) is 18.2 Å². The first kappa shape index (κ1) is 20.0. The summed E-state index contributed by atoms with van der Waals surface area (Å²) in [5.74, 6) is 0.555. The van der Waals surface area contributed by atoms with Gasteiger partial charge in [-0.2, -0.15) is 0 Å². The molecule has 0 unspecified atom stereocenters. The third-order valence-electron chi connectivity index (χ3n) is 4.78. The molecule has 1 aliphatic heterocycles. The normalized spacial score (nSPS) is 14.7. The van der Waals surface area contributed by atoms with Gasteiger partial charge in [-0.15, -0.1) is 0 Å². The minimum Gasteiger partial charge on any atom is -0.338 e. The van der Waals surface area contributed by atoms with E-state index >= 15 is 0 Å². The van der Waals surface area contributed by atoms with Crippen molar-refractivity contribution >= 4 is 12.0 Å². The average molecular weight is 386 g/mol. The molecule has 1 aromatic carbocycles. The highest BCUT2D eigenvalue weighted by Crippen LogP contribution is 2.09. The number of aromatic nitrogens is 2. The number of amides is 2. The number of urea groups is 1. The van der Waals surface area contributed by atoms with Crippen molar-refractivity contribution < 1.29 is 9.18 Å². The Morgan fingerprint density at radius 2 is 1.71 bits per heavy atom. The summed E-state index contributed by atoms with van der Waals surface area (Å²) in [5, 5.41) is 5.63. The highest BCUT2D eigenvalue weighted by Gasteiger charge is 2.18. The van der Waals surface area contributed by atoms with Gasteiger partial charge in [-0.3, -0.25) is 4.90 Å². The van der Waals surface area contributed by atoms with E-state index in [2.05, 4.69) is 30.4 Å². The molecule has 2 aromatic rings. The number of hydrogen-bond acceptors (Lipinski definition) is 5. The summed E-state index contributed by atoms with van der Waals surface area (Å²) in [6.45, 7) is 5.73. The second kappa shape index (κ2) is 10.6. The summed E-state index contributed by atoms with van der Waals surface area (Å²) in [4.78, 5) is 25.0. The van der Waals surface area contributed by atoms with Gasteiger partial charge < -0.3 is 15.5 Å². The fraction of sp³-hybridized carbons (Fsp3) is 0.450. The van der Waals surface area contributed by atoms with Crippen LogP contribution in [0.3, 0.4) is 0 Å². The fourth-order valence-corrected chi connectivity index (χ4v) is 3.20. The van der Waals surface area contributed by atoms with E-state index < -0.39 is 0 Å². The lowest BCUT2D eigenvalue weighted by molar-refractivity contribution is 0.236. The van der Waals surface area contributed by atoms with Crippen LogP contribution in [0.15, 0.2) is 42.7 Å². The molecule has 0 spiro atoms. The summed E-state index contributed by atoms with van der Waals surface area (Å²) >= 11 is 0. The summed E-state index contributed by atoms with van der Waals surface area (Å²) in [7, 11) is 0. The molecule has 1 saturated heterocycles. The van der Waals surface area contributed by atoms with Crippen LogP contribution >= 0.6 is 0 Å². The summed E-state index contributed by atoms with van der Waals surface area (Å²) in [5.41, 5.74) is 0.614. The van der Waals surface area contributed by atoms with Crippen molar-refractivity contribution in [1.29, 1.82) is 0 Å². The second-order valence-corrected chi connectivity index (χ2v) is 6.76. The third kappa shape index (κ3) is 6.16. The Hall–Kier alpha value is -2.74.